The molecular formula is C16H23N3O4S. The Morgan fingerprint density at radius 3 is 2.38 bits per heavy atom. The highest BCUT2D eigenvalue weighted by atomic mass is 32.2. The van der Waals surface area contributed by atoms with E-state index in [-0.39, 0.29) is 16.2 Å². The third kappa shape index (κ3) is 3.13. The number of sulfonamides is 1. The van der Waals surface area contributed by atoms with Crippen molar-refractivity contribution >= 4 is 15.9 Å². The number of ether oxygens (including phenoxy) is 1. The first-order valence-electron chi connectivity index (χ1n) is 8.15. The number of carbonyl (C=O) groups excluding carboxylic acids is 1. The summed E-state index contributed by atoms with van der Waals surface area (Å²) in [6, 6.07) is 4.85. The van der Waals surface area contributed by atoms with Crippen molar-refractivity contribution in [3.8, 4) is 5.75 Å². The SMILES string of the molecule is COc1ccc(S(=O)(=O)N2CCN(C3CCC3)CC2)cc1C(N)=O. The Labute approximate surface area is 142 Å². The fourth-order valence-corrected chi connectivity index (χ4v) is 4.70. The van der Waals surface area contributed by atoms with E-state index in [4.69, 9.17) is 10.5 Å². The average molecular weight is 353 g/mol. The lowest BCUT2D eigenvalue weighted by Crippen LogP contribution is -2.53. The monoisotopic (exact) mass is 353 g/mol. The molecule has 1 amide bonds. The molecule has 0 bridgehead atoms. The van der Waals surface area contributed by atoms with Crippen LogP contribution in [0.4, 0.5) is 0 Å². The zero-order chi connectivity index (χ0) is 17.3. The maximum atomic E-state index is 12.8. The second kappa shape index (κ2) is 6.70. The van der Waals surface area contributed by atoms with Gasteiger partial charge in [0.15, 0.2) is 0 Å². The van der Waals surface area contributed by atoms with Gasteiger partial charge in [0.25, 0.3) is 5.91 Å². The molecule has 0 radical (unpaired) electrons. The van der Waals surface area contributed by atoms with Gasteiger partial charge in [-0.2, -0.15) is 4.31 Å². The number of methoxy groups -OCH3 is 1. The van der Waals surface area contributed by atoms with Crippen molar-refractivity contribution in [3.63, 3.8) is 0 Å². The summed E-state index contributed by atoms with van der Waals surface area (Å²) in [5.41, 5.74) is 5.40. The molecule has 7 nitrogen and oxygen atoms in total. The molecule has 132 valence electrons. The third-order valence-corrected chi connectivity index (χ3v) is 6.83. The van der Waals surface area contributed by atoms with Gasteiger partial charge in [0.05, 0.1) is 17.6 Å². The third-order valence-electron chi connectivity index (χ3n) is 4.94. The van der Waals surface area contributed by atoms with Crippen molar-refractivity contribution in [1.29, 1.82) is 0 Å². The van der Waals surface area contributed by atoms with Gasteiger partial charge in [-0.25, -0.2) is 8.42 Å². The standard InChI is InChI=1S/C16H23N3O4S/c1-23-15-6-5-13(11-14(15)16(17)20)24(21,22)19-9-7-18(8-10-19)12-3-2-4-12/h5-6,11-12H,2-4,7-10H2,1H3,(H2,17,20). The second-order valence-electron chi connectivity index (χ2n) is 6.25. The molecule has 1 aliphatic carbocycles. The van der Waals surface area contributed by atoms with Gasteiger partial charge in [-0.1, -0.05) is 6.42 Å². The zero-order valence-electron chi connectivity index (χ0n) is 13.8. The fourth-order valence-electron chi connectivity index (χ4n) is 3.25. The molecule has 1 aromatic rings. The molecule has 1 aromatic carbocycles. The van der Waals surface area contributed by atoms with E-state index >= 15 is 0 Å². The smallest absolute Gasteiger partial charge is 0.252 e. The molecule has 0 aromatic heterocycles. The number of benzene rings is 1. The Balaban J connectivity index is 1.78. The van der Waals surface area contributed by atoms with Gasteiger partial charge in [0.1, 0.15) is 5.75 Å². The summed E-state index contributed by atoms with van der Waals surface area (Å²) >= 11 is 0. The quantitative estimate of drug-likeness (QED) is 0.839. The Morgan fingerprint density at radius 2 is 1.88 bits per heavy atom. The van der Waals surface area contributed by atoms with Crippen LogP contribution in [0, 0.1) is 0 Å². The fraction of sp³-hybridized carbons (Fsp3) is 0.562. The molecule has 1 aliphatic heterocycles. The van der Waals surface area contributed by atoms with Gasteiger partial charge < -0.3 is 10.5 Å². The molecular weight excluding hydrogens is 330 g/mol. The lowest BCUT2D eigenvalue weighted by atomic mass is 9.91. The molecule has 0 atom stereocenters. The van der Waals surface area contributed by atoms with Gasteiger partial charge in [-0.05, 0) is 31.0 Å². The van der Waals surface area contributed by atoms with Crippen LogP contribution in [0.5, 0.6) is 5.75 Å². The Morgan fingerprint density at radius 1 is 1.21 bits per heavy atom. The number of amides is 1. The number of nitrogens with two attached hydrogens (primary N) is 1. The van der Waals surface area contributed by atoms with Crippen molar-refractivity contribution in [2.24, 2.45) is 5.73 Å². The van der Waals surface area contributed by atoms with Crippen LogP contribution in [0.25, 0.3) is 0 Å². The molecule has 8 heteroatoms. The number of hydrogen-bond acceptors (Lipinski definition) is 5. The van der Waals surface area contributed by atoms with Gasteiger partial charge in [0.2, 0.25) is 10.0 Å². The van der Waals surface area contributed by atoms with Crippen LogP contribution in [0.2, 0.25) is 0 Å². The van der Waals surface area contributed by atoms with Crippen LogP contribution in [-0.2, 0) is 10.0 Å². The van der Waals surface area contributed by atoms with E-state index in [9.17, 15) is 13.2 Å². The van der Waals surface area contributed by atoms with Crippen molar-refractivity contribution in [2.75, 3.05) is 33.3 Å². The maximum Gasteiger partial charge on any atom is 0.252 e. The van der Waals surface area contributed by atoms with Crippen LogP contribution >= 0.6 is 0 Å². The summed E-state index contributed by atoms with van der Waals surface area (Å²) in [4.78, 5) is 14.0. The molecule has 0 spiro atoms. The predicted molar refractivity (Wildman–Crippen MR) is 89.5 cm³/mol. The molecule has 0 unspecified atom stereocenters. The van der Waals surface area contributed by atoms with Crippen LogP contribution < -0.4 is 10.5 Å². The molecule has 1 saturated carbocycles. The lowest BCUT2D eigenvalue weighted by molar-refractivity contribution is 0.0889. The van der Waals surface area contributed by atoms with E-state index in [1.54, 1.807) is 0 Å². The largest absolute Gasteiger partial charge is 0.496 e. The summed E-state index contributed by atoms with van der Waals surface area (Å²) in [6.07, 6.45) is 3.70. The summed E-state index contributed by atoms with van der Waals surface area (Å²) in [6.45, 7) is 2.44. The topological polar surface area (TPSA) is 92.9 Å². The molecule has 2 aliphatic rings. The molecule has 1 saturated heterocycles. The Bertz CT molecular complexity index is 723. The van der Waals surface area contributed by atoms with Crippen LogP contribution in [0.3, 0.4) is 0 Å². The highest BCUT2D eigenvalue weighted by Gasteiger charge is 2.33. The van der Waals surface area contributed by atoms with Crippen molar-refractivity contribution in [3.05, 3.63) is 23.8 Å². The summed E-state index contributed by atoms with van der Waals surface area (Å²) in [7, 11) is -2.23. The first kappa shape index (κ1) is 17.2. The minimum atomic E-state index is -3.64. The number of hydrogen-bond donors (Lipinski definition) is 1. The number of carbonyl (C=O) groups is 1. The van der Waals surface area contributed by atoms with E-state index in [0.717, 1.165) is 13.1 Å². The highest BCUT2D eigenvalue weighted by Crippen LogP contribution is 2.28. The van der Waals surface area contributed by atoms with Gasteiger partial charge in [-0.3, -0.25) is 9.69 Å². The van der Waals surface area contributed by atoms with E-state index in [1.165, 1.54) is 48.9 Å². The number of rotatable bonds is 5. The van der Waals surface area contributed by atoms with Crippen molar-refractivity contribution in [2.45, 2.75) is 30.2 Å². The second-order valence-corrected chi connectivity index (χ2v) is 8.19. The number of nitrogens with zero attached hydrogens (tertiary/aromatic N) is 2. The van der Waals surface area contributed by atoms with Crippen molar-refractivity contribution < 1.29 is 17.9 Å². The zero-order valence-corrected chi connectivity index (χ0v) is 14.6. The first-order valence-corrected chi connectivity index (χ1v) is 9.59. The molecule has 3 rings (SSSR count). The Hall–Kier alpha value is -1.64. The summed E-state index contributed by atoms with van der Waals surface area (Å²) < 4.78 is 32.2. The molecule has 2 fully saturated rings. The van der Waals surface area contributed by atoms with Gasteiger partial charge in [-0.15, -0.1) is 0 Å². The van der Waals surface area contributed by atoms with E-state index in [0.29, 0.717) is 19.1 Å². The normalized spacial score (nSPS) is 20.5. The van der Waals surface area contributed by atoms with E-state index in [1.807, 2.05) is 0 Å². The summed E-state index contributed by atoms with van der Waals surface area (Å²) in [5, 5.41) is 0. The maximum absolute atomic E-state index is 12.8. The average Bonchev–Trinajstić information content (AvgIpc) is 2.53. The highest BCUT2D eigenvalue weighted by molar-refractivity contribution is 7.89. The van der Waals surface area contributed by atoms with Gasteiger partial charge in [0, 0.05) is 32.2 Å². The molecule has 2 N–H and O–H groups in total. The minimum Gasteiger partial charge on any atom is -0.496 e. The van der Waals surface area contributed by atoms with Crippen LogP contribution in [-0.4, -0.2) is 62.9 Å². The molecule has 1 heterocycles. The summed E-state index contributed by atoms with van der Waals surface area (Å²) in [5.74, 6) is -0.435. The number of piperazine rings is 1. The van der Waals surface area contributed by atoms with E-state index in [2.05, 4.69) is 4.90 Å². The first-order chi connectivity index (χ1) is 11.4. The van der Waals surface area contributed by atoms with Crippen molar-refractivity contribution in [1.82, 2.24) is 9.21 Å². The molecule has 24 heavy (non-hydrogen) atoms. The predicted octanol–water partition coefficient (Wildman–Crippen LogP) is 0.653. The lowest BCUT2D eigenvalue weighted by Gasteiger charge is -2.42. The van der Waals surface area contributed by atoms with E-state index < -0.39 is 15.9 Å². The minimum absolute atomic E-state index is 0.0756. The number of primary amides is 1. The Kier molecular flexibility index (Phi) is 4.80. The van der Waals surface area contributed by atoms with Crippen LogP contribution in [0.15, 0.2) is 23.1 Å². The van der Waals surface area contributed by atoms with Gasteiger partial charge >= 0.3 is 0 Å². The van der Waals surface area contributed by atoms with Crippen LogP contribution in [0.1, 0.15) is 29.6 Å².